The van der Waals surface area contributed by atoms with Gasteiger partial charge in [0.15, 0.2) is 0 Å². The molecule has 2 aromatic rings. The normalized spacial score (nSPS) is 14.7. The second-order valence-electron chi connectivity index (χ2n) is 6.89. The molecule has 1 aromatic heterocycles. The van der Waals surface area contributed by atoms with E-state index in [4.69, 9.17) is 0 Å². The number of rotatable bonds is 8. The van der Waals surface area contributed by atoms with E-state index in [1.54, 1.807) is 0 Å². The van der Waals surface area contributed by atoms with Crippen LogP contribution in [0.1, 0.15) is 35.4 Å². The van der Waals surface area contributed by atoms with Gasteiger partial charge in [-0.3, -0.25) is 9.79 Å². The van der Waals surface area contributed by atoms with Gasteiger partial charge in [0, 0.05) is 19.0 Å². The lowest BCUT2D eigenvalue weighted by molar-refractivity contribution is 0.0955. The molecule has 0 unspecified atom stereocenters. The van der Waals surface area contributed by atoms with Gasteiger partial charge >= 0.3 is 0 Å². The summed E-state index contributed by atoms with van der Waals surface area (Å²) in [6, 6.07) is 9.79. The van der Waals surface area contributed by atoms with Crippen molar-refractivity contribution in [2.45, 2.75) is 25.7 Å². The molecule has 0 bridgehead atoms. The van der Waals surface area contributed by atoms with Gasteiger partial charge in [0.2, 0.25) is 0 Å². The van der Waals surface area contributed by atoms with Crippen molar-refractivity contribution >= 4 is 41.0 Å². The van der Waals surface area contributed by atoms with Crippen LogP contribution in [-0.2, 0) is 0 Å². The molecule has 1 aromatic carbocycles. The van der Waals surface area contributed by atoms with Crippen LogP contribution in [0.25, 0.3) is 0 Å². The van der Waals surface area contributed by atoms with E-state index < -0.39 is 0 Å². The zero-order chi connectivity index (χ0) is 19.1. The fraction of sp³-hybridized carbons (Fsp3) is 0.429. The summed E-state index contributed by atoms with van der Waals surface area (Å²) in [6.07, 6.45) is 4.97. The summed E-state index contributed by atoms with van der Waals surface area (Å²) < 4.78 is 0. The van der Waals surface area contributed by atoms with Crippen LogP contribution in [0.2, 0.25) is 0 Å². The summed E-state index contributed by atoms with van der Waals surface area (Å²) in [4.78, 5) is 21.8. The van der Waals surface area contributed by atoms with Gasteiger partial charge in [-0.2, -0.15) is 0 Å². The molecular weight excluding hydrogens is 356 g/mol. The molecule has 0 atom stereocenters. The summed E-state index contributed by atoms with van der Waals surface area (Å²) >= 11 is 1.47. The maximum absolute atomic E-state index is 12.4. The molecule has 1 amide bonds. The van der Waals surface area contributed by atoms with Crippen LogP contribution in [0.3, 0.4) is 0 Å². The minimum atomic E-state index is 0.00780. The molecule has 1 aliphatic rings. The van der Waals surface area contributed by atoms with E-state index in [0.29, 0.717) is 0 Å². The average molecular weight is 385 g/mol. The first-order valence-electron chi connectivity index (χ1n) is 9.57. The lowest BCUT2D eigenvalue weighted by Gasteiger charge is -2.26. The molecule has 144 valence electrons. The molecule has 0 radical (unpaired) electrons. The molecule has 6 heteroatoms. The smallest absolute Gasteiger partial charge is 0.261 e. The van der Waals surface area contributed by atoms with E-state index in [-0.39, 0.29) is 5.91 Å². The van der Waals surface area contributed by atoms with Crippen molar-refractivity contribution in [2.24, 2.45) is 4.99 Å². The van der Waals surface area contributed by atoms with Gasteiger partial charge < -0.3 is 15.1 Å². The number of benzene rings is 1. The van der Waals surface area contributed by atoms with Crippen LogP contribution in [0, 0.1) is 0 Å². The predicted molar refractivity (Wildman–Crippen MR) is 115 cm³/mol. The lowest BCUT2D eigenvalue weighted by Crippen LogP contribution is -2.33. The molecule has 1 saturated heterocycles. The Bertz CT molecular complexity index is 767. The Morgan fingerprint density at radius 3 is 2.85 bits per heavy atom. The molecule has 0 aliphatic carbocycles. The van der Waals surface area contributed by atoms with Gasteiger partial charge in [-0.05, 0) is 63.8 Å². The Morgan fingerprint density at radius 1 is 1.30 bits per heavy atom. The van der Waals surface area contributed by atoms with E-state index in [1.807, 2.05) is 47.7 Å². The summed E-state index contributed by atoms with van der Waals surface area (Å²) in [5.74, 6) is 0.00780. The number of amides is 1. The van der Waals surface area contributed by atoms with Gasteiger partial charge in [0.25, 0.3) is 5.91 Å². The van der Waals surface area contributed by atoms with Crippen molar-refractivity contribution in [2.75, 3.05) is 38.1 Å². The Balaban J connectivity index is 1.52. The highest BCUT2D eigenvalue weighted by molar-refractivity contribution is 7.12. The molecule has 2 heterocycles. The molecule has 3 rings (SSSR count). The molecule has 27 heavy (non-hydrogen) atoms. The van der Waals surface area contributed by atoms with E-state index in [2.05, 4.69) is 21.9 Å². The number of hydrogen-bond donors (Lipinski definition) is 1. The van der Waals surface area contributed by atoms with Gasteiger partial charge in [-0.25, -0.2) is 0 Å². The molecular formula is C21H28N4OS. The van der Waals surface area contributed by atoms with E-state index in [0.717, 1.165) is 41.4 Å². The molecule has 0 saturated carbocycles. The third kappa shape index (κ3) is 5.17. The zero-order valence-electron chi connectivity index (χ0n) is 16.0. The van der Waals surface area contributed by atoms with Gasteiger partial charge in [-0.15, -0.1) is 11.3 Å². The topological polar surface area (TPSA) is 47.9 Å². The number of carbonyl (C=O) groups excluding carboxylic acids is 1. The average Bonchev–Trinajstić information content (AvgIpc) is 3.21. The Hall–Kier alpha value is -2.18. The number of piperidine rings is 1. The van der Waals surface area contributed by atoms with E-state index in [9.17, 15) is 4.79 Å². The maximum Gasteiger partial charge on any atom is 0.261 e. The highest BCUT2D eigenvalue weighted by Crippen LogP contribution is 2.34. The minimum absolute atomic E-state index is 0.00780. The monoisotopic (exact) mass is 384 g/mol. The van der Waals surface area contributed by atoms with Crippen LogP contribution in [0.15, 0.2) is 40.7 Å². The first kappa shape index (κ1) is 19.6. The molecule has 1 fully saturated rings. The van der Waals surface area contributed by atoms with Crippen molar-refractivity contribution in [3.8, 4) is 0 Å². The third-order valence-electron chi connectivity index (χ3n) is 5.00. The van der Waals surface area contributed by atoms with Crippen LogP contribution < -0.4 is 10.2 Å². The second kappa shape index (κ2) is 9.67. The summed E-state index contributed by atoms with van der Waals surface area (Å²) in [5.41, 5.74) is 2.78. The van der Waals surface area contributed by atoms with Crippen molar-refractivity contribution in [3.63, 3.8) is 0 Å². The van der Waals surface area contributed by atoms with Crippen molar-refractivity contribution in [3.05, 3.63) is 40.6 Å². The number of para-hydroxylation sites is 2. The number of nitrogens with one attached hydrogen (secondary N) is 1. The first-order valence-corrected chi connectivity index (χ1v) is 10.5. The van der Waals surface area contributed by atoms with Crippen LogP contribution in [0.4, 0.5) is 17.1 Å². The fourth-order valence-corrected chi connectivity index (χ4v) is 4.26. The van der Waals surface area contributed by atoms with E-state index in [1.165, 1.54) is 43.7 Å². The number of likely N-dealkylation sites (tertiary alicyclic amines) is 1. The Labute approximate surface area is 165 Å². The maximum atomic E-state index is 12.4. The highest BCUT2D eigenvalue weighted by atomic mass is 32.1. The van der Waals surface area contributed by atoms with Gasteiger partial charge in [0.1, 0.15) is 0 Å². The first-order chi connectivity index (χ1) is 13.2. The summed E-state index contributed by atoms with van der Waals surface area (Å²) in [7, 11) is 1.98. The summed E-state index contributed by atoms with van der Waals surface area (Å²) in [6.45, 7) is 7.84. The fourth-order valence-electron chi connectivity index (χ4n) is 3.42. The van der Waals surface area contributed by atoms with Gasteiger partial charge in [0.05, 0.1) is 21.9 Å². The third-order valence-corrected chi connectivity index (χ3v) is 5.91. The van der Waals surface area contributed by atoms with Crippen molar-refractivity contribution < 1.29 is 4.79 Å². The van der Waals surface area contributed by atoms with Gasteiger partial charge in [-0.1, -0.05) is 18.6 Å². The molecule has 5 nitrogen and oxygen atoms in total. The van der Waals surface area contributed by atoms with Crippen LogP contribution in [-0.4, -0.2) is 50.8 Å². The standard InChI is InChI=1S/C21H28N4OS/c1-22-18-9-4-5-10-19(18)24(2)17-15-20(27-16-17)21(26)23-11-8-14-25-12-6-3-7-13-25/h4-5,9-10,15-16H,1,3,6-8,11-14H2,2H3,(H,23,26). The van der Waals surface area contributed by atoms with Crippen LogP contribution in [0.5, 0.6) is 0 Å². The van der Waals surface area contributed by atoms with E-state index >= 15 is 0 Å². The van der Waals surface area contributed by atoms with Crippen molar-refractivity contribution in [1.82, 2.24) is 10.2 Å². The SMILES string of the molecule is C=Nc1ccccc1N(C)c1csc(C(=O)NCCCN2CCCCC2)c1. The minimum Gasteiger partial charge on any atom is -0.351 e. The van der Waals surface area contributed by atoms with Crippen LogP contribution >= 0.6 is 11.3 Å². The Kier molecular flexibility index (Phi) is 7.01. The quantitative estimate of drug-likeness (QED) is 0.540. The largest absolute Gasteiger partial charge is 0.351 e. The number of anilines is 2. The summed E-state index contributed by atoms with van der Waals surface area (Å²) in [5, 5.41) is 5.05. The second-order valence-corrected chi connectivity index (χ2v) is 7.80. The van der Waals surface area contributed by atoms with Crippen molar-refractivity contribution in [1.29, 1.82) is 0 Å². The number of carbonyl (C=O) groups is 1. The lowest BCUT2D eigenvalue weighted by atomic mass is 10.1. The Morgan fingerprint density at radius 2 is 2.07 bits per heavy atom. The molecule has 0 spiro atoms. The predicted octanol–water partition coefficient (Wildman–Crippen LogP) is 4.45. The zero-order valence-corrected chi connectivity index (χ0v) is 16.8. The number of aliphatic imine (C=N–C) groups is 1. The molecule has 1 N–H and O–H groups in total. The number of thiophene rings is 1. The highest BCUT2D eigenvalue weighted by Gasteiger charge is 2.14. The number of nitrogens with zero attached hydrogens (tertiary/aromatic N) is 3. The molecule has 1 aliphatic heterocycles. The number of hydrogen-bond acceptors (Lipinski definition) is 5.